The molecule has 0 saturated carbocycles. The van der Waals surface area contributed by atoms with Gasteiger partial charge in [-0.3, -0.25) is 10.1 Å². The van der Waals surface area contributed by atoms with E-state index >= 15 is 0 Å². The number of benzene rings is 1. The summed E-state index contributed by atoms with van der Waals surface area (Å²) < 4.78 is 5.45. The normalized spacial score (nSPS) is 12.1. The maximum atomic E-state index is 10.4. The van der Waals surface area contributed by atoms with Gasteiger partial charge < -0.3 is 9.84 Å². The van der Waals surface area contributed by atoms with Gasteiger partial charge in [0.05, 0.1) is 11.5 Å². The summed E-state index contributed by atoms with van der Waals surface area (Å²) in [6.07, 6.45) is 0. The predicted molar refractivity (Wildman–Crippen MR) is 72.2 cm³/mol. The molecule has 0 aliphatic carbocycles. The predicted octanol–water partition coefficient (Wildman–Crippen LogP) is 2.34. The minimum Gasteiger partial charge on any atom is -0.493 e. The monoisotopic (exact) mass is 271 g/mol. The zero-order valence-electron chi connectivity index (χ0n) is 10.2. The van der Waals surface area contributed by atoms with Gasteiger partial charge in [-0.1, -0.05) is 6.92 Å². The zero-order chi connectivity index (χ0) is 13.4. The van der Waals surface area contributed by atoms with E-state index in [1.54, 1.807) is 23.9 Å². The fourth-order valence-electron chi connectivity index (χ4n) is 1.22. The van der Waals surface area contributed by atoms with Crippen molar-refractivity contribution in [1.29, 1.82) is 0 Å². The number of aliphatic hydroxyl groups excluding tert-OH is 1. The van der Waals surface area contributed by atoms with Gasteiger partial charge in [0.1, 0.15) is 5.75 Å². The molecule has 1 atom stereocenters. The van der Waals surface area contributed by atoms with Crippen LogP contribution in [-0.2, 0) is 0 Å². The Labute approximate surface area is 110 Å². The molecule has 1 rings (SSSR count). The Balaban J connectivity index is 2.21. The Kier molecular flexibility index (Phi) is 6.53. The minimum absolute atomic E-state index is 0.0634. The Morgan fingerprint density at radius 1 is 1.44 bits per heavy atom. The van der Waals surface area contributed by atoms with Gasteiger partial charge in [-0.2, -0.15) is 11.8 Å². The van der Waals surface area contributed by atoms with Crippen molar-refractivity contribution >= 4 is 17.4 Å². The van der Waals surface area contributed by atoms with Crippen molar-refractivity contribution < 1.29 is 14.8 Å². The van der Waals surface area contributed by atoms with Crippen LogP contribution < -0.4 is 4.74 Å². The van der Waals surface area contributed by atoms with Gasteiger partial charge in [0.15, 0.2) is 0 Å². The standard InChI is InChI=1S/C12H17NO4S/c1-10(8-14)9-18-7-6-17-12-4-2-11(3-5-12)13(15)16/h2-5,10,14H,6-9H2,1H3. The number of nitro benzene ring substituents is 1. The number of nitro groups is 1. The molecule has 1 aromatic rings. The molecule has 0 saturated heterocycles. The van der Waals surface area contributed by atoms with Crippen molar-refractivity contribution in [2.75, 3.05) is 24.7 Å². The van der Waals surface area contributed by atoms with E-state index in [1.807, 2.05) is 6.92 Å². The van der Waals surface area contributed by atoms with Crippen LogP contribution >= 0.6 is 11.8 Å². The van der Waals surface area contributed by atoms with E-state index in [2.05, 4.69) is 0 Å². The first kappa shape index (κ1) is 14.8. The van der Waals surface area contributed by atoms with Gasteiger partial charge >= 0.3 is 0 Å². The van der Waals surface area contributed by atoms with Crippen LogP contribution in [0.3, 0.4) is 0 Å². The number of ether oxygens (including phenoxy) is 1. The lowest BCUT2D eigenvalue weighted by atomic mass is 10.2. The summed E-state index contributed by atoms with van der Waals surface area (Å²) in [5, 5.41) is 19.3. The molecule has 18 heavy (non-hydrogen) atoms. The van der Waals surface area contributed by atoms with Crippen molar-refractivity contribution in [3.8, 4) is 5.75 Å². The van der Waals surface area contributed by atoms with E-state index in [9.17, 15) is 10.1 Å². The first-order valence-electron chi connectivity index (χ1n) is 5.69. The molecule has 0 radical (unpaired) electrons. The summed E-state index contributed by atoms with van der Waals surface area (Å²) in [6.45, 7) is 2.75. The maximum Gasteiger partial charge on any atom is 0.269 e. The van der Waals surface area contributed by atoms with Crippen LogP contribution in [0.1, 0.15) is 6.92 Å². The molecule has 1 N–H and O–H groups in total. The molecule has 0 fully saturated rings. The summed E-state index contributed by atoms with van der Waals surface area (Å²) in [5.41, 5.74) is 0.0634. The Bertz CT molecular complexity index is 369. The molecular weight excluding hydrogens is 254 g/mol. The molecule has 0 aromatic heterocycles. The fraction of sp³-hybridized carbons (Fsp3) is 0.500. The van der Waals surface area contributed by atoms with Crippen molar-refractivity contribution in [1.82, 2.24) is 0 Å². The van der Waals surface area contributed by atoms with Crippen molar-refractivity contribution in [2.45, 2.75) is 6.92 Å². The topological polar surface area (TPSA) is 72.6 Å². The third-order valence-electron chi connectivity index (χ3n) is 2.26. The van der Waals surface area contributed by atoms with Crippen molar-refractivity contribution in [2.24, 2.45) is 5.92 Å². The fourth-order valence-corrected chi connectivity index (χ4v) is 2.10. The van der Waals surface area contributed by atoms with E-state index in [1.165, 1.54) is 12.1 Å². The Hall–Kier alpha value is -1.27. The molecule has 0 amide bonds. The smallest absolute Gasteiger partial charge is 0.269 e. The van der Waals surface area contributed by atoms with Crippen molar-refractivity contribution in [3.05, 3.63) is 34.4 Å². The molecule has 100 valence electrons. The summed E-state index contributed by atoms with van der Waals surface area (Å²) in [6, 6.07) is 6.05. The number of non-ortho nitro benzene ring substituents is 1. The van der Waals surface area contributed by atoms with Crippen LogP contribution in [0.2, 0.25) is 0 Å². The van der Waals surface area contributed by atoms with E-state index in [-0.39, 0.29) is 12.3 Å². The van der Waals surface area contributed by atoms with E-state index in [4.69, 9.17) is 9.84 Å². The van der Waals surface area contributed by atoms with Crippen LogP contribution in [0, 0.1) is 16.0 Å². The first-order valence-corrected chi connectivity index (χ1v) is 6.85. The van der Waals surface area contributed by atoms with E-state index in [0.717, 1.165) is 11.5 Å². The molecule has 1 unspecified atom stereocenters. The number of hydrogen-bond donors (Lipinski definition) is 1. The lowest BCUT2D eigenvalue weighted by Crippen LogP contribution is -2.06. The Morgan fingerprint density at radius 2 is 2.11 bits per heavy atom. The lowest BCUT2D eigenvalue weighted by Gasteiger charge is -2.08. The number of aliphatic hydroxyl groups is 1. The highest BCUT2D eigenvalue weighted by Crippen LogP contribution is 2.17. The maximum absolute atomic E-state index is 10.4. The molecule has 5 nitrogen and oxygen atoms in total. The number of hydrogen-bond acceptors (Lipinski definition) is 5. The van der Waals surface area contributed by atoms with E-state index in [0.29, 0.717) is 18.3 Å². The van der Waals surface area contributed by atoms with Gasteiger partial charge in [-0.25, -0.2) is 0 Å². The third kappa shape index (κ3) is 5.37. The molecule has 0 spiro atoms. The van der Waals surface area contributed by atoms with Crippen LogP contribution in [0.15, 0.2) is 24.3 Å². The highest BCUT2D eigenvalue weighted by Gasteiger charge is 2.04. The Morgan fingerprint density at radius 3 is 2.67 bits per heavy atom. The van der Waals surface area contributed by atoms with Crippen LogP contribution in [0.25, 0.3) is 0 Å². The second kappa shape index (κ2) is 7.94. The number of nitrogens with zero attached hydrogens (tertiary/aromatic N) is 1. The van der Waals surface area contributed by atoms with Crippen LogP contribution in [0.4, 0.5) is 5.69 Å². The molecule has 6 heteroatoms. The number of thioether (sulfide) groups is 1. The molecule has 0 aliphatic rings. The summed E-state index contributed by atoms with van der Waals surface area (Å²) >= 11 is 1.72. The second-order valence-electron chi connectivity index (χ2n) is 3.96. The second-order valence-corrected chi connectivity index (χ2v) is 5.11. The summed E-state index contributed by atoms with van der Waals surface area (Å²) in [7, 11) is 0. The number of rotatable bonds is 8. The molecular formula is C12H17NO4S. The van der Waals surface area contributed by atoms with Gasteiger partial charge in [0.2, 0.25) is 0 Å². The molecule has 0 heterocycles. The van der Waals surface area contributed by atoms with Crippen molar-refractivity contribution in [3.63, 3.8) is 0 Å². The molecule has 1 aromatic carbocycles. The summed E-state index contributed by atoms with van der Waals surface area (Å²) in [4.78, 5) is 10.0. The average Bonchev–Trinajstić information content (AvgIpc) is 2.38. The van der Waals surface area contributed by atoms with Gasteiger partial charge in [0, 0.05) is 24.5 Å². The highest BCUT2D eigenvalue weighted by molar-refractivity contribution is 7.99. The minimum atomic E-state index is -0.435. The quantitative estimate of drug-likeness (QED) is 0.446. The van der Waals surface area contributed by atoms with Gasteiger partial charge in [0.25, 0.3) is 5.69 Å². The summed E-state index contributed by atoms with van der Waals surface area (Å²) in [5.74, 6) is 2.67. The largest absolute Gasteiger partial charge is 0.493 e. The molecule has 0 bridgehead atoms. The van der Waals surface area contributed by atoms with Crippen LogP contribution in [0.5, 0.6) is 5.75 Å². The van der Waals surface area contributed by atoms with Gasteiger partial charge in [-0.15, -0.1) is 0 Å². The zero-order valence-corrected chi connectivity index (χ0v) is 11.1. The third-order valence-corrected chi connectivity index (χ3v) is 3.52. The molecule has 0 aliphatic heterocycles. The lowest BCUT2D eigenvalue weighted by molar-refractivity contribution is -0.384. The first-order chi connectivity index (χ1) is 8.63. The van der Waals surface area contributed by atoms with Crippen LogP contribution in [-0.4, -0.2) is 34.7 Å². The van der Waals surface area contributed by atoms with E-state index < -0.39 is 4.92 Å². The SMILES string of the molecule is CC(CO)CSCCOc1ccc([N+](=O)[O-])cc1. The van der Waals surface area contributed by atoms with Gasteiger partial charge in [-0.05, 0) is 23.8 Å². The highest BCUT2D eigenvalue weighted by atomic mass is 32.2. The average molecular weight is 271 g/mol.